The Morgan fingerprint density at radius 3 is 2.73 bits per heavy atom. The van der Waals surface area contributed by atoms with Crippen LogP contribution >= 0.6 is 11.6 Å². The van der Waals surface area contributed by atoms with E-state index in [1.165, 1.54) is 0 Å². The van der Waals surface area contributed by atoms with Crippen LogP contribution in [-0.4, -0.2) is 9.97 Å². The van der Waals surface area contributed by atoms with Crippen molar-refractivity contribution in [2.24, 2.45) is 0 Å². The van der Waals surface area contributed by atoms with Gasteiger partial charge in [0.2, 0.25) is 5.88 Å². The van der Waals surface area contributed by atoms with E-state index in [1.54, 1.807) is 31.3 Å². The molecule has 0 amide bonds. The fourth-order valence-corrected chi connectivity index (χ4v) is 1.31. The van der Waals surface area contributed by atoms with E-state index < -0.39 is 0 Å². The van der Waals surface area contributed by atoms with Gasteiger partial charge in [-0.3, -0.25) is 0 Å². The fraction of sp³-hybridized carbons (Fsp3) is 0.0909. The van der Waals surface area contributed by atoms with Crippen molar-refractivity contribution < 1.29 is 4.74 Å². The summed E-state index contributed by atoms with van der Waals surface area (Å²) in [5.41, 5.74) is 0. The van der Waals surface area contributed by atoms with Crippen molar-refractivity contribution in [3.05, 3.63) is 47.4 Å². The minimum absolute atomic E-state index is 0.496. The van der Waals surface area contributed by atoms with Gasteiger partial charge in [0, 0.05) is 12.3 Å². The Kier molecular flexibility index (Phi) is 2.83. The van der Waals surface area contributed by atoms with Crippen molar-refractivity contribution in [1.29, 1.82) is 0 Å². The summed E-state index contributed by atoms with van der Waals surface area (Å²) in [6.07, 6.45) is 1.65. The van der Waals surface area contributed by atoms with Gasteiger partial charge < -0.3 is 4.74 Å². The van der Waals surface area contributed by atoms with Gasteiger partial charge in [-0.05, 0) is 19.1 Å². The molecule has 0 radical (unpaired) electrons. The summed E-state index contributed by atoms with van der Waals surface area (Å²) in [5, 5.41) is 0.564. The third kappa shape index (κ3) is 2.44. The first-order valence-electron chi connectivity index (χ1n) is 4.48. The summed E-state index contributed by atoms with van der Waals surface area (Å²) in [4.78, 5) is 8.10. The van der Waals surface area contributed by atoms with E-state index >= 15 is 0 Å². The lowest BCUT2D eigenvalue weighted by Gasteiger charge is -2.05. The van der Waals surface area contributed by atoms with Gasteiger partial charge in [0.15, 0.2) is 0 Å². The number of rotatable bonds is 2. The zero-order chi connectivity index (χ0) is 10.7. The average Bonchev–Trinajstić information content (AvgIpc) is 2.22. The Bertz CT molecular complexity index is 474. The van der Waals surface area contributed by atoms with Crippen molar-refractivity contribution in [2.45, 2.75) is 6.92 Å². The predicted molar refractivity (Wildman–Crippen MR) is 58.3 cm³/mol. The zero-order valence-electron chi connectivity index (χ0n) is 8.14. The Morgan fingerprint density at radius 1 is 1.20 bits per heavy atom. The number of nitrogens with zero attached hydrogens (tertiary/aromatic N) is 2. The normalized spacial score (nSPS) is 10.0. The first kappa shape index (κ1) is 9.93. The molecule has 0 aliphatic rings. The highest BCUT2D eigenvalue weighted by Crippen LogP contribution is 2.27. The van der Waals surface area contributed by atoms with Gasteiger partial charge in [0.1, 0.15) is 11.6 Å². The van der Waals surface area contributed by atoms with E-state index in [0.29, 0.717) is 22.5 Å². The lowest BCUT2D eigenvalue weighted by molar-refractivity contribution is 0.460. The largest absolute Gasteiger partial charge is 0.437 e. The molecule has 0 aliphatic heterocycles. The monoisotopic (exact) mass is 220 g/mol. The minimum atomic E-state index is 0.496. The quantitative estimate of drug-likeness (QED) is 0.780. The molecule has 0 saturated heterocycles. The summed E-state index contributed by atoms with van der Waals surface area (Å²) in [6, 6.07) is 8.96. The van der Waals surface area contributed by atoms with Crippen LogP contribution in [0.15, 0.2) is 36.5 Å². The van der Waals surface area contributed by atoms with E-state index in [0.717, 1.165) is 0 Å². The second-order valence-electron chi connectivity index (χ2n) is 2.97. The number of hydrogen-bond donors (Lipinski definition) is 0. The Labute approximate surface area is 92.7 Å². The van der Waals surface area contributed by atoms with E-state index in [1.807, 2.05) is 12.1 Å². The van der Waals surface area contributed by atoms with E-state index in [9.17, 15) is 0 Å². The molecule has 0 fully saturated rings. The molecule has 3 nitrogen and oxygen atoms in total. The van der Waals surface area contributed by atoms with Crippen LogP contribution in [0.3, 0.4) is 0 Å². The van der Waals surface area contributed by atoms with Crippen LogP contribution in [-0.2, 0) is 0 Å². The molecule has 0 N–H and O–H groups in total. The van der Waals surface area contributed by atoms with Crippen molar-refractivity contribution in [3.63, 3.8) is 0 Å². The van der Waals surface area contributed by atoms with Gasteiger partial charge in [-0.2, -0.15) is 4.98 Å². The van der Waals surface area contributed by atoms with Crippen molar-refractivity contribution in [3.8, 4) is 11.6 Å². The van der Waals surface area contributed by atoms with Gasteiger partial charge in [-0.1, -0.05) is 23.7 Å². The predicted octanol–water partition coefficient (Wildman–Crippen LogP) is 3.23. The molecule has 1 heterocycles. The Balaban J connectivity index is 2.26. The lowest BCUT2D eigenvalue weighted by Crippen LogP contribution is -1.92. The Morgan fingerprint density at radius 2 is 2.00 bits per heavy atom. The van der Waals surface area contributed by atoms with Crippen molar-refractivity contribution in [2.75, 3.05) is 0 Å². The molecule has 0 aliphatic carbocycles. The van der Waals surface area contributed by atoms with Crippen LogP contribution in [0.25, 0.3) is 0 Å². The summed E-state index contributed by atoms with van der Waals surface area (Å²) in [5.74, 6) is 1.76. The number of halogens is 1. The second-order valence-corrected chi connectivity index (χ2v) is 3.38. The third-order valence-corrected chi connectivity index (χ3v) is 2.11. The molecule has 1 aromatic carbocycles. The maximum atomic E-state index is 5.95. The number of hydrogen-bond acceptors (Lipinski definition) is 3. The summed E-state index contributed by atoms with van der Waals surface area (Å²) in [7, 11) is 0. The Hall–Kier alpha value is -1.61. The molecular weight excluding hydrogens is 212 g/mol. The molecule has 0 atom stereocenters. The van der Waals surface area contributed by atoms with E-state index in [4.69, 9.17) is 16.3 Å². The standard InChI is InChI=1S/C11H9ClN2O/c1-8-13-7-6-11(14-8)15-10-5-3-2-4-9(10)12/h2-7H,1H3. The van der Waals surface area contributed by atoms with Gasteiger partial charge in [-0.25, -0.2) is 4.98 Å². The molecule has 76 valence electrons. The molecule has 0 spiro atoms. The smallest absolute Gasteiger partial charge is 0.222 e. The fourth-order valence-electron chi connectivity index (χ4n) is 1.13. The van der Waals surface area contributed by atoms with E-state index in [2.05, 4.69) is 9.97 Å². The summed E-state index contributed by atoms with van der Waals surface area (Å²) < 4.78 is 5.51. The van der Waals surface area contributed by atoms with Crippen LogP contribution in [0.4, 0.5) is 0 Å². The van der Waals surface area contributed by atoms with Crippen LogP contribution in [0.5, 0.6) is 11.6 Å². The SMILES string of the molecule is Cc1nccc(Oc2ccccc2Cl)n1. The average molecular weight is 221 g/mol. The molecule has 0 unspecified atom stereocenters. The molecule has 4 heteroatoms. The first-order valence-corrected chi connectivity index (χ1v) is 4.85. The maximum absolute atomic E-state index is 5.95. The lowest BCUT2D eigenvalue weighted by atomic mass is 10.3. The van der Waals surface area contributed by atoms with Gasteiger partial charge in [-0.15, -0.1) is 0 Å². The molecule has 2 aromatic rings. The topological polar surface area (TPSA) is 35.0 Å². The number of aromatic nitrogens is 2. The minimum Gasteiger partial charge on any atom is -0.437 e. The number of para-hydroxylation sites is 1. The van der Waals surface area contributed by atoms with Crippen LogP contribution in [0, 0.1) is 6.92 Å². The van der Waals surface area contributed by atoms with E-state index in [-0.39, 0.29) is 0 Å². The number of aryl methyl sites for hydroxylation is 1. The molecule has 15 heavy (non-hydrogen) atoms. The van der Waals surface area contributed by atoms with Crippen molar-refractivity contribution >= 4 is 11.6 Å². The highest BCUT2D eigenvalue weighted by atomic mass is 35.5. The first-order chi connectivity index (χ1) is 7.25. The molecule has 0 saturated carbocycles. The van der Waals surface area contributed by atoms with Crippen molar-refractivity contribution in [1.82, 2.24) is 9.97 Å². The van der Waals surface area contributed by atoms with Crippen LogP contribution in [0.2, 0.25) is 5.02 Å². The van der Waals surface area contributed by atoms with Crippen LogP contribution < -0.4 is 4.74 Å². The molecule has 1 aromatic heterocycles. The van der Waals surface area contributed by atoms with Crippen LogP contribution in [0.1, 0.15) is 5.82 Å². The summed E-state index contributed by atoms with van der Waals surface area (Å²) >= 11 is 5.95. The third-order valence-electron chi connectivity index (χ3n) is 1.80. The van der Waals surface area contributed by atoms with Gasteiger partial charge in [0.05, 0.1) is 5.02 Å². The summed E-state index contributed by atoms with van der Waals surface area (Å²) in [6.45, 7) is 1.81. The molecule has 2 rings (SSSR count). The highest BCUT2D eigenvalue weighted by Gasteiger charge is 2.02. The highest BCUT2D eigenvalue weighted by molar-refractivity contribution is 6.32. The maximum Gasteiger partial charge on any atom is 0.222 e. The zero-order valence-corrected chi connectivity index (χ0v) is 8.90. The number of benzene rings is 1. The van der Waals surface area contributed by atoms with Gasteiger partial charge in [0.25, 0.3) is 0 Å². The second kappa shape index (κ2) is 4.28. The van der Waals surface area contributed by atoms with Gasteiger partial charge >= 0.3 is 0 Å². The number of ether oxygens (including phenoxy) is 1. The molecule has 0 bridgehead atoms. The molecular formula is C11H9ClN2O.